The van der Waals surface area contributed by atoms with Crippen molar-refractivity contribution in [2.45, 2.75) is 38.9 Å². The molecule has 2 aromatic carbocycles. The van der Waals surface area contributed by atoms with Gasteiger partial charge in [0.25, 0.3) is 0 Å². The van der Waals surface area contributed by atoms with Crippen LogP contribution < -0.4 is 14.2 Å². The lowest BCUT2D eigenvalue weighted by atomic mass is 9.77. The lowest BCUT2D eigenvalue weighted by molar-refractivity contribution is 0.245. The Labute approximate surface area is 214 Å². The summed E-state index contributed by atoms with van der Waals surface area (Å²) in [7, 11) is -3.47. The van der Waals surface area contributed by atoms with Gasteiger partial charge >= 0.3 is 6.01 Å². The average molecular weight is 538 g/mol. The molecule has 0 saturated carbocycles. The van der Waals surface area contributed by atoms with E-state index in [0.717, 1.165) is 17.4 Å². The molecule has 0 aliphatic heterocycles. The zero-order valence-corrected chi connectivity index (χ0v) is 22.0. The van der Waals surface area contributed by atoms with E-state index in [9.17, 15) is 13.7 Å². The molecule has 0 bridgehead atoms. The molecule has 1 unspecified atom stereocenters. The van der Waals surface area contributed by atoms with E-state index in [1.807, 2.05) is 38.1 Å². The fourth-order valence-corrected chi connectivity index (χ4v) is 4.00. The average Bonchev–Trinajstić information content (AvgIpc) is 3.24. The summed E-state index contributed by atoms with van der Waals surface area (Å²) in [5, 5.41) is 10.0. The van der Waals surface area contributed by atoms with Gasteiger partial charge in [0.1, 0.15) is 36.5 Å². The molecule has 1 aromatic heterocycles. The van der Waals surface area contributed by atoms with Gasteiger partial charge in [0, 0.05) is 5.41 Å². The molecule has 0 aliphatic rings. The second-order valence-corrected chi connectivity index (χ2v) is 10.9. The van der Waals surface area contributed by atoms with Gasteiger partial charge in [-0.3, -0.25) is 0 Å². The number of nitrogens with zero attached hydrogens (tertiary/aromatic N) is 2. The van der Waals surface area contributed by atoms with Crippen molar-refractivity contribution < 1.29 is 22.3 Å². The first-order valence-electron chi connectivity index (χ1n) is 10.5. The standard InChI is InChI=1S/C24H25Cl2N3O5S/c1-15(11-25)34-22-16(12-27)9-18(10-21(22)26)24(2,3)17-5-7-20(8-6-17)32-13-19-14-33-23(28-19)29-35(4,30)31/h5-10,14-15H,11,13H2,1-4H3,(H,28,29). The Morgan fingerprint density at radius 3 is 2.51 bits per heavy atom. The van der Waals surface area contributed by atoms with Crippen molar-refractivity contribution in [1.82, 2.24) is 4.98 Å². The number of alkyl halides is 1. The summed E-state index contributed by atoms with van der Waals surface area (Å²) in [5.74, 6) is 1.20. The number of sulfonamides is 1. The minimum absolute atomic E-state index is 0.0982. The van der Waals surface area contributed by atoms with Crippen LogP contribution in [0.3, 0.4) is 0 Å². The van der Waals surface area contributed by atoms with Crippen molar-refractivity contribution in [3.05, 3.63) is 70.1 Å². The van der Waals surface area contributed by atoms with E-state index >= 15 is 0 Å². The SMILES string of the molecule is CC(CCl)Oc1c(Cl)cc(C(C)(C)c2ccc(OCc3coc(NS(C)(=O)=O)n3)cc2)cc1C#N. The van der Waals surface area contributed by atoms with Crippen molar-refractivity contribution in [2.75, 3.05) is 16.9 Å². The molecule has 35 heavy (non-hydrogen) atoms. The molecule has 186 valence electrons. The van der Waals surface area contributed by atoms with Gasteiger partial charge < -0.3 is 13.9 Å². The fraction of sp³-hybridized carbons (Fsp3) is 0.333. The lowest BCUT2D eigenvalue weighted by Gasteiger charge is -2.27. The maximum Gasteiger partial charge on any atom is 0.308 e. The first-order chi connectivity index (χ1) is 16.4. The number of aromatic nitrogens is 1. The predicted molar refractivity (Wildman–Crippen MR) is 135 cm³/mol. The Morgan fingerprint density at radius 1 is 1.23 bits per heavy atom. The first kappa shape index (κ1) is 26.7. The van der Waals surface area contributed by atoms with Crippen LogP contribution in [0.2, 0.25) is 5.02 Å². The highest BCUT2D eigenvalue weighted by atomic mass is 35.5. The third-order valence-corrected chi connectivity index (χ3v) is 6.47. The largest absolute Gasteiger partial charge is 0.487 e. The van der Waals surface area contributed by atoms with Crippen LogP contribution in [0.15, 0.2) is 47.1 Å². The van der Waals surface area contributed by atoms with E-state index in [-0.39, 0.29) is 24.6 Å². The van der Waals surface area contributed by atoms with Crippen LogP contribution in [0.1, 0.15) is 43.2 Å². The predicted octanol–water partition coefficient (Wildman–Crippen LogP) is 5.48. The molecule has 0 fully saturated rings. The van der Waals surface area contributed by atoms with Gasteiger partial charge in [-0.05, 0) is 42.3 Å². The summed E-state index contributed by atoms with van der Waals surface area (Å²) in [5.41, 5.74) is 2.14. The summed E-state index contributed by atoms with van der Waals surface area (Å²) in [6, 6.07) is 13.1. The summed E-state index contributed by atoms with van der Waals surface area (Å²) >= 11 is 12.3. The molecule has 0 saturated heterocycles. The highest BCUT2D eigenvalue weighted by Gasteiger charge is 2.26. The van der Waals surface area contributed by atoms with Crippen molar-refractivity contribution >= 4 is 39.2 Å². The third kappa shape index (κ3) is 6.82. The zero-order valence-electron chi connectivity index (χ0n) is 19.6. The number of nitriles is 1. The van der Waals surface area contributed by atoms with Gasteiger partial charge in [-0.15, -0.1) is 11.6 Å². The zero-order chi connectivity index (χ0) is 25.8. The quantitative estimate of drug-likeness (QED) is 0.340. The lowest BCUT2D eigenvalue weighted by Crippen LogP contribution is -2.20. The number of anilines is 1. The Morgan fingerprint density at radius 2 is 1.91 bits per heavy atom. The van der Waals surface area contributed by atoms with Crippen LogP contribution in [0.25, 0.3) is 0 Å². The number of hydrogen-bond donors (Lipinski definition) is 1. The fourth-order valence-electron chi connectivity index (χ4n) is 3.26. The van der Waals surface area contributed by atoms with Gasteiger partial charge in [-0.25, -0.2) is 13.1 Å². The number of ether oxygens (including phenoxy) is 2. The van der Waals surface area contributed by atoms with E-state index in [1.54, 1.807) is 19.1 Å². The summed E-state index contributed by atoms with van der Waals surface area (Å²) < 4.78 is 41.2. The third-order valence-electron chi connectivity index (χ3n) is 5.21. The monoisotopic (exact) mass is 537 g/mol. The molecule has 11 heteroatoms. The van der Waals surface area contributed by atoms with E-state index in [0.29, 0.717) is 27.8 Å². The summed E-state index contributed by atoms with van der Waals surface area (Å²) in [4.78, 5) is 4.02. The molecule has 3 rings (SSSR count). The molecule has 0 spiro atoms. The van der Waals surface area contributed by atoms with E-state index in [2.05, 4.69) is 15.8 Å². The van der Waals surface area contributed by atoms with Crippen LogP contribution in [0, 0.1) is 11.3 Å². The van der Waals surface area contributed by atoms with E-state index in [4.69, 9.17) is 37.1 Å². The van der Waals surface area contributed by atoms with Crippen LogP contribution in [-0.2, 0) is 22.0 Å². The molecule has 3 aromatic rings. The molecular formula is C24H25Cl2N3O5S. The molecular weight excluding hydrogens is 513 g/mol. The maximum absolute atomic E-state index is 11.3. The van der Waals surface area contributed by atoms with Crippen LogP contribution in [0.5, 0.6) is 11.5 Å². The summed E-state index contributed by atoms with van der Waals surface area (Å²) in [6.45, 7) is 5.97. The minimum Gasteiger partial charge on any atom is -0.487 e. The Kier molecular flexibility index (Phi) is 8.21. The van der Waals surface area contributed by atoms with Crippen LogP contribution >= 0.6 is 23.2 Å². The molecule has 1 N–H and O–H groups in total. The smallest absolute Gasteiger partial charge is 0.308 e. The van der Waals surface area contributed by atoms with Gasteiger partial charge in [0.05, 0.1) is 22.7 Å². The second-order valence-electron chi connectivity index (χ2n) is 8.49. The van der Waals surface area contributed by atoms with Crippen LogP contribution in [-0.4, -0.2) is 31.6 Å². The Hall–Kier alpha value is -2.93. The Bertz CT molecular complexity index is 1330. The first-order valence-corrected chi connectivity index (χ1v) is 13.4. The number of benzene rings is 2. The van der Waals surface area contributed by atoms with Gasteiger partial charge in [0.2, 0.25) is 10.0 Å². The molecule has 0 amide bonds. The topological polar surface area (TPSA) is 114 Å². The summed E-state index contributed by atoms with van der Waals surface area (Å²) in [6.07, 6.45) is 2.05. The van der Waals surface area contributed by atoms with E-state index in [1.165, 1.54) is 6.26 Å². The number of halogens is 2. The normalized spacial score (nSPS) is 12.6. The van der Waals surface area contributed by atoms with Gasteiger partial charge in [-0.1, -0.05) is 37.6 Å². The number of rotatable bonds is 10. The maximum atomic E-state index is 11.3. The minimum atomic E-state index is -3.47. The highest BCUT2D eigenvalue weighted by molar-refractivity contribution is 7.91. The van der Waals surface area contributed by atoms with Crippen molar-refractivity contribution in [2.24, 2.45) is 0 Å². The number of oxazole rings is 1. The van der Waals surface area contributed by atoms with Crippen molar-refractivity contribution in [3.63, 3.8) is 0 Å². The van der Waals surface area contributed by atoms with E-state index < -0.39 is 15.4 Å². The molecule has 8 nitrogen and oxygen atoms in total. The van der Waals surface area contributed by atoms with Gasteiger partial charge in [-0.2, -0.15) is 10.2 Å². The molecule has 1 atom stereocenters. The molecule has 0 radical (unpaired) electrons. The second kappa shape index (κ2) is 10.8. The number of hydrogen-bond acceptors (Lipinski definition) is 7. The number of nitrogens with one attached hydrogen (secondary N) is 1. The highest BCUT2D eigenvalue weighted by Crippen LogP contribution is 2.39. The molecule has 0 aliphatic carbocycles. The Balaban J connectivity index is 1.75. The molecule has 1 heterocycles. The van der Waals surface area contributed by atoms with Crippen molar-refractivity contribution in [1.29, 1.82) is 5.26 Å². The van der Waals surface area contributed by atoms with Crippen molar-refractivity contribution in [3.8, 4) is 17.6 Å². The van der Waals surface area contributed by atoms with Gasteiger partial charge in [0.15, 0.2) is 5.75 Å². The van der Waals surface area contributed by atoms with Crippen LogP contribution in [0.4, 0.5) is 6.01 Å².